The van der Waals surface area contributed by atoms with Gasteiger partial charge in [-0.2, -0.15) is 16.9 Å². The van der Waals surface area contributed by atoms with Crippen LogP contribution in [0, 0.1) is 13.8 Å². The smallest absolute Gasteiger partial charge is 0.255 e. The second-order valence-electron chi connectivity index (χ2n) is 4.20. The van der Waals surface area contributed by atoms with Crippen LogP contribution in [0.1, 0.15) is 34.6 Å². The Morgan fingerprint density at radius 2 is 2.38 bits per heavy atom. The Bertz CT molecular complexity index is 363. The van der Waals surface area contributed by atoms with Gasteiger partial charge in [0.25, 0.3) is 5.91 Å². The average molecular weight is 239 g/mol. The summed E-state index contributed by atoms with van der Waals surface area (Å²) in [6.07, 6.45) is 2.29. The first-order chi connectivity index (χ1) is 7.68. The predicted octanol–water partition coefficient (Wildman–Crippen LogP) is 1.65. The van der Waals surface area contributed by atoms with Crippen molar-refractivity contribution in [2.75, 3.05) is 11.5 Å². The molecule has 0 spiro atoms. The van der Waals surface area contributed by atoms with Crippen molar-refractivity contribution < 1.29 is 4.79 Å². The molecule has 0 bridgehead atoms. The first-order valence-electron chi connectivity index (χ1n) is 5.58. The SMILES string of the molecule is Cc1n[nH]c(C)c1C(=O)NC1CCCSC1. The topological polar surface area (TPSA) is 57.8 Å². The number of thioether (sulfide) groups is 1. The molecule has 0 saturated carbocycles. The van der Waals surface area contributed by atoms with Gasteiger partial charge in [-0.1, -0.05) is 0 Å². The number of hydrogen-bond donors (Lipinski definition) is 2. The van der Waals surface area contributed by atoms with Gasteiger partial charge in [-0.05, 0) is 32.4 Å². The Morgan fingerprint density at radius 1 is 1.56 bits per heavy atom. The molecule has 1 aliphatic rings. The minimum atomic E-state index is 0.0104. The number of aromatic amines is 1. The van der Waals surface area contributed by atoms with E-state index in [1.54, 1.807) is 0 Å². The minimum absolute atomic E-state index is 0.0104. The number of hydrogen-bond acceptors (Lipinski definition) is 3. The first kappa shape index (κ1) is 11.5. The lowest BCUT2D eigenvalue weighted by Crippen LogP contribution is -2.38. The quantitative estimate of drug-likeness (QED) is 0.825. The highest BCUT2D eigenvalue weighted by Crippen LogP contribution is 2.18. The molecule has 88 valence electrons. The van der Waals surface area contributed by atoms with Gasteiger partial charge in [-0.15, -0.1) is 0 Å². The zero-order valence-electron chi connectivity index (χ0n) is 9.67. The third kappa shape index (κ3) is 2.40. The predicted molar refractivity (Wildman–Crippen MR) is 65.9 cm³/mol. The highest BCUT2D eigenvalue weighted by atomic mass is 32.2. The lowest BCUT2D eigenvalue weighted by Gasteiger charge is -2.22. The molecule has 2 heterocycles. The van der Waals surface area contributed by atoms with Gasteiger partial charge in [0, 0.05) is 17.5 Å². The average Bonchev–Trinajstić information content (AvgIpc) is 2.60. The molecule has 16 heavy (non-hydrogen) atoms. The molecule has 0 radical (unpaired) electrons. The van der Waals surface area contributed by atoms with E-state index in [4.69, 9.17) is 0 Å². The summed E-state index contributed by atoms with van der Waals surface area (Å²) >= 11 is 1.91. The van der Waals surface area contributed by atoms with Crippen LogP contribution in [0.25, 0.3) is 0 Å². The number of nitrogens with zero attached hydrogens (tertiary/aromatic N) is 1. The number of H-pyrrole nitrogens is 1. The Hall–Kier alpha value is -0.970. The van der Waals surface area contributed by atoms with Crippen LogP contribution >= 0.6 is 11.8 Å². The van der Waals surface area contributed by atoms with Crippen LogP contribution in [0.2, 0.25) is 0 Å². The zero-order valence-corrected chi connectivity index (χ0v) is 10.5. The van der Waals surface area contributed by atoms with Crippen molar-refractivity contribution in [3.63, 3.8) is 0 Å². The third-order valence-electron chi connectivity index (χ3n) is 2.85. The molecule has 1 unspecified atom stereocenters. The molecule has 0 aliphatic carbocycles. The Morgan fingerprint density at radius 3 is 2.94 bits per heavy atom. The summed E-state index contributed by atoms with van der Waals surface area (Å²) < 4.78 is 0. The first-order valence-corrected chi connectivity index (χ1v) is 6.74. The molecular weight excluding hydrogens is 222 g/mol. The van der Waals surface area contributed by atoms with Crippen LogP contribution in [0.3, 0.4) is 0 Å². The summed E-state index contributed by atoms with van der Waals surface area (Å²) in [7, 11) is 0. The zero-order chi connectivity index (χ0) is 11.5. The molecule has 1 fully saturated rings. The van der Waals surface area contributed by atoms with E-state index in [1.165, 1.54) is 12.2 Å². The molecule has 4 nitrogen and oxygen atoms in total. The van der Waals surface area contributed by atoms with Gasteiger partial charge in [0.15, 0.2) is 0 Å². The van der Waals surface area contributed by atoms with Crippen molar-refractivity contribution in [2.24, 2.45) is 0 Å². The maximum atomic E-state index is 12.0. The molecule has 5 heteroatoms. The second kappa shape index (κ2) is 4.91. The van der Waals surface area contributed by atoms with E-state index in [0.717, 1.165) is 23.6 Å². The minimum Gasteiger partial charge on any atom is -0.348 e. The van der Waals surface area contributed by atoms with E-state index in [9.17, 15) is 4.79 Å². The Labute approximate surface area is 99.6 Å². The van der Waals surface area contributed by atoms with Crippen LogP contribution in [0.4, 0.5) is 0 Å². The van der Waals surface area contributed by atoms with Gasteiger partial charge >= 0.3 is 0 Å². The summed E-state index contributed by atoms with van der Waals surface area (Å²) in [6, 6.07) is 0.319. The molecule has 1 aliphatic heterocycles. The molecule has 1 aromatic heterocycles. The van der Waals surface area contributed by atoms with Crippen LogP contribution in [0.15, 0.2) is 0 Å². The lowest BCUT2D eigenvalue weighted by atomic mass is 10.1. The summed E-state index contributed by atoms with van der Waals surface area (Å²) in [6.45, 7) is 3.73. The fourth-order valence-electron chi connectivity index (χ4n) is 2.00. The summed E-state index contributed by atoms with van der Waals surface area (Å²) in [5.41, 5.74) is 2.33. The van der Waals surface area contributed by atoms with Gasteiger partial charge in [0.05, 0.1) is 11.3 Å². The van der Waals surface area contributed by atoms with E-state index in [2.05, 4.69) is 15.5 Å². The molecule has 1 aromatic rings. The van der Waals surface area contributed by atoms with E-state index in [1.807, 2.05) is 25.6 Å². The van der Waals surface area contributed by atoms with Crippen molar-refractivity contribution in [3.8, 4) is 0 Å². The standard InChI is InChI=1S/C11H17N3OS/c1-7-10(8(2)14-13-7)11(15)12-9-4-3-5-16-6-9/h9H,3-6H2,1-2H3,(H,12,15)(H,13,14). The summed E-state index contributed by atoms with van der Waals surface area (Å²) in [5.74, 6) is 2.26. The highest BCUT2D eigenvalue weighted by Gasteiger charge is 2.20. The molecular formula is C11H17N3OS. The van der Waals surface area contributed by atoms with Gasteiger partial charge in [0.1, 0.15) is 0 Å². The highest BCUT2D eigenvalue weighted by molar-refractivity contribution is 7.99. The molecule has 2 rings (SSSR count). The Kier molecular flexibility index (Phi) is 3.53. The maximum absolute atomic E-state index is 12.0. The largest absolute Gasteiger partial charge is 0.348 e. The molecule has 1 atom stereocenters. The number of aryl methyl sites for hydroxylation is 2. The number of aromatic nitrogens is 2. The van der Waals surface area contributed by atoms with E-state index >= 15 is 0 Å². The van der Waals surface area contributed by atoms with Gasteiger partial charge in [-0.3, -0.25) is 9.89 Å². The second-order valence-corrected chi connectivity index (χ2v) is 5.35. The maximum Gasteiger partial charge on any atom is 0.255 e. The van der Waals surface area contributed by atoms with Crippen molar-refractivity contribution in [1.29, 1.82) is 0 Å². The molecule has 1 amide bonds. The van der Waals surface area contributed by atoms with Gasteiger partial charge < -0.3 is 5.32 Å². The molecule has 2 N–H and O–H groups in total. The van der Waals surface area contributed by atoms with Crippen molar-refractivity contribution >= 4 is 17.7 Å². The fraction of sp³-hybridized carbons (Fsp3) is 0.636. The van der Waals surface area contributed by atoms with Crippen LogP contribution < -0.4 is 5.32 Å². The number of rotatable bonds is 2. The normalized spacial score (nSPS) is 20.8. The van der Waals surface area contributed by atoms with Crippen LogP contribution in [-0.2, 0) is 0 Å². The number of nitrogens with one attached hydrogen (secondary N) is 2. The van der Waals surface area contributed by atoms with E-state index in [0.29, 0.717) is 11.6 Å². The fourth-order valence-corrected chi connectivity index (χ4v) is 3.07. The van der Waals surface area contributed by atoms with Gasteiger partial charge in [0.2, 0.25) is 0 Å². The third-order valence-corrected chi connectivity index (χ3v) is 4.07. The van der Waals surface area contributed by atoms with Gasteiger partial charge in [-0.25, -0.2) is 0 Å². The van der Waals surface area contributed by atoms with Crippen LogP contribution in [0.5, 0.6) is 0 Å². The van der Waals surface area contributed by atoms with Crippen LogP contribution in [-0.4, -0.2) is 33.7 Å². The van der Waals surface area contributed by atoms with E-state index in [-0.39, 0.29) is 5.91 Å². The lowest BCUT2D eigenvalue weighted by molar-refractivity contribution is 0.0937. The monoisotopic (exact) mass is 239 g/mol. The summed E-state index contributed by atoms with van der Waals surface area (Å²) in [4.78, 5) is 12.0. The molecule has 1 saturated heterocycles. The number of amides is 1. The summed E-state index contributed by atoms with van der Waals surface area (Å²) in [5, 5.41) is 9.96. The number of carbonyl (C=O) groups excluding carboxylic acids is 1. The molecule has 0 aromatic carbocycles. The van der Waals surface area contributed by atoms with Crippen molar-refractivity contribution in [1.82, 2.24) is 15.5 Å². The van der Waals surface area contributed by atoms with E-state index < -0.39 is 0 Å². The van der Waals surface area contributed by atoms with Crippen molar-refractivity contribution in [3.05, 3.63) is 17.0 Å². The number of carbonyl (C=O) groups is 1. The van der Waals surface area contributed by atoms with Crippen molar-refractivity contribution in [2.45, 2.75) is 32.7 Å². The Balaban J connectivity index is 2.02.